The van der Waals surface area contributed by atoms with E-state index in [4.69, 9.17) is 0 Å². The normalized spacial score (nSPS) is 19.8. The van der Waals surface area contributed by atoms with E-state index < -0.39 is 17.2 Å². The first-order valence-corrected chi connectivity index (χ1v) is 8.98. The SMILES string of the molecule is CC(N1CCSCC1)C(O)(Cn1cncn1)c1ccc(F)cc1F. The topological polar surface area (TPSA) is 54.2 Å². The number of aromatic nitrogens is 3. The van der Waals surface area contributed by atoms with Gasteiger partial charge < -0.3 is 5.11 Å². The molecular formula is C16H20F2N4OS. The molecule has 1 aliphatic rings. The molecule has 0 amide bonds. The summed E-state index contributed by atoms with van der Waals surface area (Å²) in [5.74, 6) is 0.517. The summed E-state index contributed by atoms with van der Waals surface area (Å²) >= 11 is 1.86. The quantitative estimate of drug-likeness (QED) is 0.889. The fourth-order valence-electron chi connectivity index (χ4n) is 3.11. The van der Waals surface area contributed by atoms with Crippen molar-refractivity contribution in [1.82, 2.24) is 19.7 Å². The van der Waals surface area contributed by atoms with E-state index in [2.05, 4.69) is 15.0 Å². The van der Waals surface area contributed by atoms with Gasteiger partial charge in [0, 0.05) is 42.3 Å². The molecule has 1 fully saturated rings. The number of hydrogen-bond donors (Lipinski definition) is 1. The maximum absolute atomic E-state index is 14.4. The fraction of sp³-hybridized carbons (Fsp3) is 0.500. The second-order valence-electron chi connectivity index (χ2n) is 5.97. The van der Waals surface area contributed by atoms with Crippen molar-refractivity contribution in [3.63, 3.8) is 0 Å². The van der Waals surface area contributed by atoms with Gasteiger partial charge in [-0.25, -0.2) is 18.4 Å². The molecule has 1 aliphatic heterocycles. The van der Waals surface area contributed by atoms with Gasteiger partial charge in [-0.15, -0.1) is 0 Å². The smallest absolute Gasteiger partial charge is 0.137 e. The van der Waals surface area contributed by atoms with Gasteiger partial charge in [0.15, 0.2) is 0 Å². The molecule has 1 N–H and O–H groups in total. The van der Waals surface area contributed by atoms with Gasteiger partial charge in [-0.2, -0.15) is 16.9 Å². The maximum atomic E-state index is 14.4. The van der Waals surface area contributed by atoms with Crippen LogP contribution in [0.5, 0.6) is 0 Å². The van der Waals surface area contributed by atoms with Crippen LogP contribution in [0.1, 0.15) is 12.5 Å². The van der Waals surface area contributed by atoms with E-state index in [1.54, 1.807) is 0 Å². The van der Waals surface area contributed by atoms with Gasteiger partial charge in [0.05, 0.1) is 6.54 Å². The lowest BCUT2D eigenvalue weighted by molar-refractivity contribution is -0.0614. The van der Waals surface area contributed by atoms with Crippen LogP contribution in [-0.4, -0.2) is 55.4 Å². The highest BCUT2D eigenvalue weighted by atomic mass is 32.2. The average molecular weight is 354 g/mol. The molecule has 0 bridgehead atoms. The number of rotatable bonds is 5. The summed E-state index contributed by atoms with van der Waals surface area (Å²) in [6, 6.07) is 2.93. The molecule has 1 aromatic carbocycles. The highest BCUT2D eigenvalue weighted by Crippen LogP contribution is 2.33. The minimum atomic E-state index is -1.55. The predicted octanol–water partition coefficient (Wildman–Crippen LogP) is 1.88. The second-order valence-corrected chi connectivity index (χ2v) is 7.19. The van der Waals surface area contributed by atoms with Gasteiger partial charge in [0.25, 0.3) is 0 Å². The summed E-state index contributed by atoms with van der Waals surface area (Å²) in [6.45, 7) is 3.54. The molecule has 24 heavy (non-hydrogen) atoms. The highest BCUT2D eigenvalue weighted by Gasteiger charge is 2.42. The first kappa shape index (κ1) is 17.3. The van der Waals surface area contributed by atoms with Crippen LogP contribution in [0, 0.1) is 11.6 Å². The minimum Gasteiger partial charge on any atom is -0.381 e. The Balaban J connectivity index is 1.98. The molecule has 0 radical (unpaired) electrons. The van der Waals surface area contributed by atoms with E-state index >= 15 is 0 Å². The monoisotopic (exact) mass is 354 g/mol. The number of benzene rings is 1. The van der Waals surface area contributed by atoms with Crippen LogP contribution in [0.4, 0.5) is 8.78 Å². The van der Waals surface area contributed by atoms with Crippen molar-refractivity contribution in [3.8, 4) is 0 Å². The molecule has 0 saturated carbocycles. The Bertz CT molecular complexity index is 679. The fourth-order valence-corrected chi connectivity index (χ4v) is 4.04. The molecule has 2 unspecified atom stereocenters. The molecule has 2 atom stereocenters. The van der Waals surface area contributed by atoms with Crippen LogP contribution < -0.4 is 0 Å². The first-order chi connectivity index (χ1) is 11.5. The lowest BCUT2D eigenvalue weighted by atomic mass is 9.85. The lowest BCUT2D eigenvalue weighted by Crippen LogP contribution is -2.54. The van der Waals surface area contributed by atoms with Crippen LogP contribution >= 0.6 is 11.8 Å². The van der Waals surface area contributed by atoms with Crippen molar-refractivity contribution < 1.29 is 13.9 Å². The largest absolute Gasteiger partial charge is 0.381 e. The Morgan fingerprint density at radius 3 is 2.71 bits per heavy atom. The third kappa shape index (κ3) is 3.45. The number of halogens is 2. The van der Waals surface area contributed by atoms with Crippen LogP contribution in [0.2, 0.25) is 0 Å². The Kier molecular flexibility index (Phi) is 5.17. The highest BCUT2D eigenvalue weighted by molar-refractivity contribution is 7.99. The molecule has 2 heterocycles. The first-order valence-electron chi connectivity index (χ1n) is 7.83. The summed E-state index contributed by atoms with van der Waals surface area (Å²) < 4.78 is 29.2. The molecular weight excluding hydrogens is 334 g/mol. The summed E-state index contributed by atoms with van der Waals surface area (Å²) in [7, 11) is 0. The predicted molar refractivity (Wildman–Crippen MR) is 88.6 cm³/mol. The van der Waals surface area contributed by atoms with Crippen LogP contribution in [0.15, 0.2) is 30.9 Å². The van der Waals surface area contributed by atoms with Crippen molar-refractivity contribution in [1.29, 1.82) is 0 Å². The summed E-state index contributed by atoms with van der Waals surface area (Å²) in [6.07, 6.45) is 2.84. The van der Waals surface area contributed by atoms with Crippen LogP contribution in [-0.2, 0) is 12.1 Å². The van der Waals surface area contributed by atoms with Crippen molar-refractivity contribution in [3.05, 3.63) is 48.1 Å². The molecule has 0 spiro atoms. The molecule has 3 rings (SSSR count). The van der Waals surface area contributed by atoms with Crippen molar-refractivity contribution >= 4 is 11.8 Å². The number of nitrogens with zero attached hydrogens (tertiary/aromatic N) is 4. The molecule has 1 aromatic heterocycles. The molecule has 1 saturated heterocycles. The van der Waals surface area contributed by atoms with Gasteiger partial charge in [0.2, 0.25) is 0 Å². The zero-order chi connectivity index (χ0) is 17.2. The number of aliphatic hydroxyl groups is 1. The molecule has 8 heteroatoms. The summed E-state index contributed by atoms with van der Waals surface area (Å²) in [5.41, 5.74) is -1.47. The standard InChI is InChI=1S/C16H20F2N4OS/c1-12(21-4-6-24-7-5-21)16(23,9-22-11-19-10-20-22)14-3-2-13(17)8-15(14)18/h2-3,8,10-12,23H,4-7,9H2,1H3. The van der Waals surface area contributed by atoms with Crippen LogP contribution in [0.3, 0.4) is 0 Å². The van der Waals surface area contributed by atoms with E-state index in [9.17, 15) is 13.9 Å². The zero-order valence-corrected chi connectivity index (χ0v) is 14.2. The van der Waals surface area contributed by atoms with Crippen molar-refractivity contribution in [2.75, 3.05) is 24.6 Å². The van der Waals surface area contributed by atoms with Crippen molar-refractivity contribution in [2.24, 2.45) is 0 Å². The van der Waals surface area contributed by atoms with Crippen molar-refractivity contribution in [2.45, 2.75) is 25.1 Å². The number of hydrogen-bond acceptors (Lipinski definition) is 5. The van der Waals surface area contributed by atoms with E-state index in [0.29, 0.717) is 0 Å². The molecule has 2 aromatic rings. The summed E-state index contributed by atoms with van der Waals surface area (Å²) in [5, 5.41) is 15.5. The van der Waals surface area contributed by atoms with Gasteiger partial charge in [0.1, 0.15) is 29.9 Å². The average Bonchev–Trinajstić information content (AvgIpc) is 3.07. The van der Waals surface area contributed by atoms with Gasteiger partial charge in [-0.1, -0.05) is 6.07 Å². The number of thioether (sulfide) groups is 1. The zero-order valence-electron chi connectivity index (χ0n) is 13.4. The van der Waals surface area contributed by atoms with Gasteiger partial charge in [-0.3, -0.25) is 4.90 Å². The van der Waals surface area contributed by atoms with E-state index in [0.717, 1.165) is 30.7 Å². The Labute approximate surface area is 143 Å². The maximum Gasteiger partial charge on any atom is 0.137 e. The van der Waals surface area contributed by atoms with E-state index in [1.807, 2.05) is 18.7 Å². The second kappa shape index (κ2) is 7.16. The molecule has 5 nitrogen and oxygen atoms in total. The van der Waals surface area contributed by atoms with E-state index in [1.165, 1.54) is 29.5 Å². The minimum absolute atomic E-state index is 0.0420. The molecule has 0 aliphatic carbocycles. The Morgan fingerprint density at radius 1 is 1.33 bits per heavy atom. The third-order valence-corrected chi connectivity index (χ3v) is 5.49. The van der Waals surface area contributed by atoms with Gasteiger partial charge >= 0.3 is 0 Å². The van der Waals surface area contributed by atoms with Crippen LogP contribution in [0.25, 0.3) is 0 Å². The third-order valence-electron chi connectivity index (χ3n) is 4.55. The Morgan fingerprint density at radius 2 is 2.08 bits per heavy atom. The van der Waals surface area contributed by atoms with Gasteiger partial charge in [-0.05, 0) is 13.0 Å². The molecule has 130 valence electrons. The van der Waals surface area contributed by atoms with E-state index in [-0.39, 0.29) is 18.2 Å². The Hall–Kier alpha value is -1.51. The lowest BCUT2D eigenvalue weighted by Gasteiger charge is -2.42. The summed E-state index contributed by atoms with van der Waals surface area (Å²) in [4.78, 5) is 6.01.